The summed E-state index contributed by atoms with van der Waals surface area (Å²) >= 11 is 0. The Balaban J connectivity index is 1.26. The average molecular weight is 703 g/mol. The van der Waals surface area contributed by atoms with Gasteiger partial charge in [-0.05, 0) is 75.4 Å². The lowest BCUT2D eigenvalue weighted by Gasteiger charge is -2.59. The Morgan fingerprint density at radius 1 is 1.10 bits per heavy atom. The Hall–Kier alpha value is -3.88. The lowest BCUT2D eigenvalue weighted by atomic mass is 9.46. The third-order valence-electron chi connectivity index (χ3n) is 11.6. The van der Waals surface area contributed by atoms with E-state index in [0.717, 1.165) is 5.57 Å². The summed E-state index contributed by atoms with van der Waals surface area (Å²) in [5.74, 6) is -4.05. The number of rotatable bonds is 14. The third kappa shape index (κ3) is 7.87. The van der Waals surface area contributed by atoms with Gasteiger partial charge in [0.2, 0.25) is 18.5 Å². The van der Waals surface area contributed by atoms with E-state index in [1.165, 1.54) is 0 Å². The van der Waals surface area contributed by atoms with Crippen molar-refractivity contribution in [2.24, 2.45) is 46.0 Å². The molecule has 0 aromatic carbocycles. The predicted octanol–water partition coefficient (Wildman–Crippen LogP) is 2.33. The third-order valence-corrected chi connectivity index (χ3v) is 11.6. The van der Waals surface area contributed by atoms with E-state index in [-0.39, 0.29) is 48.7 Å². The van der Waals surface area contributed by atoms with E-state index in [1.54, 1.807) is 26.0 Å². The molecule has 50 heavy (non-hydrogen) atoms. The summed E-state index contributed by atoms with van der Waals surface area (Å²) < 4.78 is 19.9. The number of aliphatic hydroxyl groups is 2. The standard InChI is InChI=1S/C36H50N2O12/c1-5-6-7-20(2)27(16-29(38)42)50-33(45)49-19-48-30(43)15-25(37)32(44)47-18-28(41)36(46)13-11-24-23-9-8-21-14-22(39)10-12-34(21,3)31(23)26(40)17-35(24,36)4/h5-6,10,12,14,20,23-27,31,40,46H,7-9,11,13,15-19,37H2,1-4H3,(H2,38,42). The number of nitrogens with two attached hydrogens (primary N) is 2. The summed E-state index contributed by atoms with van der Waals surface area (Å²) in [4.78, 5) is 73.9. The van der Waals surface area contributed by atoms with Crippen molar-refractivity contribution in [1.82, 2.24) is 0 Å². The van der Waals surface area contributed by atoms with Gasteiger partial charge in [0.05, 0.1) is 18.9 Å². The topological polar surface area (TPSA) is 232 Å². The van der Waals surface area contributed by atoms with Crippen molar-refractivity contribution in [1.29, 1.82) is 0 Å². The van der Waals surface area contributed by atoms with Crippen molar-refractivity contribution in [2.75, 3.05) is 13.4 Å². The van der Waals surface area contributed by atoms with Gasteiger partial charge < -0.3 is 40.6 Å². The Labute approximate surface area is 291 Å². The van der Waals surface area contributed by atoms with E-state index < -0.39 is 84.3 Å². The minimum Gasteiger partial charge on any atom is -0.456 e. The molecule has 0 aromatic heterocycles. The predicted molar refractivity (Wildman–Crippen MR) is 176 cm³/mol. The average Bonchev–Trinajstić information content (AvgIpc) is 3.32. The second-order valence-corrected chi connectivity index (χ2v) is 14.6. The van der Waals surface area contributed by atoms with Crippen molar-refractivity contribution >= 4 is 35.6 Å². The molecule has 0 bridgehead atoms. The number of amides is 1. The second kappa shape index (κ2) is 15.6. The molecule has 10 atom stereocenters. The SMILES string of the molecule is CC=CCC(C)C(CC(N)=O)OC(=O)OCOC(=O)CC(N)C(=O)OCC(=O)C1(O)CCC2C3CCC4=CC(=O)C=CC4(C)C3C(O)CC21C. The Morgan fingerprint density at radius 2 is 1.82 bits per heavy atom. The lowest BCUT2D eigenvalue weighted by Crippen LogP contribution is -2.61. The Morgan fingerprint density at radius 3 is 2.50 bits per heavy atom. The highest BCUT2D eigenvalue weighted by Gasteiger charge is 2.68. The van der Waals surface area contributed by atoms with Gasteiger partial charge in [-0.25, -0.2) is 4.79 Å². The number of esters is 2. The zero-order valence-corrected chi connectivity index (χ0v) is 29.1. The van der Waals surface area contributed by atoms with Crippen LogP contribution in [0.3, 0.4) is 0 Å². The fourth-order valence-electron chi connectivity index (χ4n) is 8.83. The Bertz CT molecular complexity index is 1460. The molecule has 4 rings (SSSR count). The fraction of sp³-hybridized carbons (Fsp3) is 0.667. The number of ether oxygens (including phenoxy) is 4. The number of carbonyl (C=O) groups is 6. The maximum atomic E-state index is 13.5. The van der Waals surface area contributed by atoms with Gasteiger partial charge in [0.25, 0.3) is 0 Å². The van der Waals surface area contributed by atoms with Crippen LogP contribution in [0.4, 0.5) is 4.79 Å². The molecule has 14 heteroatoms. The van der Waals surface area contributed by atoms with Crippen molar-refractivity contribution in [3.8, 4) is 0 Å². The summed E-state index contributed by atoms with van der Waals surface area (Å²) in [7, 11) is 0. The van der Waals surface area contributed by atoms with Crippen molar-refractivity contribution in [2.45, 2.75) is 103 Å². The smallest absolute Gasteiger partial charge is 0.456 e. The minimum atomic E-state index is -1.87. The summed E-state index contributed by atoms with van der Waals surface area (Å²) in [5.41, 5.74) is 8.71. The van der Waals surface area contributed by atoms with Crippen molar-refractivity contribution in [3.63, 3.8) is 0 Å². The van der Waals surface area contributed by atoms with Crippen LogP contribution in [-0.2, 0) is 42.9 Å². The number of carbonyl (C=O) groups excluding carboxylic acids is 6. The Kier molecular flexibility index (Phi) is 12.1. The first kappa shape index (κ1) is 38.9. The molecule has 0 heterocycles. The monoisotopic (exact) mass is 702 g/mol. The van der Waals surface area contributed by atoms with E-state index in [0.29, 0.717) is 25.7 Å². The highest BCUT2D eigenvalue weighted by atomic mass is 16.8. The van der Waals surface area contributed by atoms with E-state index in [1.807, 2.05) is 32.1 Å². The molecule has 0 saturated heterocycles. The molecule has 0 radical (unpaired) electrons. The summed E-state index contributed by atoms with van der Waals surface area (Å²) in [5, 5.41) is 23.4. The zero-order valence-electron chi connectivity index (χ0n) is 29.1. The van der Waals surface area contributed by atoms with Crippen LogP contribution >= 0.6 is 0 Å². The number of aliphatic hydroxyl groups excluding tert-OH is 1. The molecule has 4 aliphatic carbocycles. The second-order valence-electron chi connectivity index (χ2n) is 14.6. The maximum absolute atomic E-state index is 13.5. The molecule has 3 fully saturated rings. The van der Waals surface area contributed by atoms with Gasteiger partial charge in [-0.3, -0.25) is 24.0 Å². The van der Waals surface area contributed by atoms with Crippen LogP contribution in [0.25, 0.3) is 0 Å². The van der Waals surface area contributed by atoms with Crippen molar-refractivity contribution < 1.29 is 57.9 Å². The van der Waals surface area contributed by atoms with Crippen LogP contribution in [-0.4, -0.2) is 83.0 Å². The lowest BCUT2D eigenvalue weighted by molar-refractivity contribution is -0.181. The normalized spacial score (nSPS) is 33.2. The summed E-state index contributed by atoms with van der Waals surface area (Å²) in [6.07, 6.45) is 7.68. The van der Waals surface area contributed by atoms with Crippen molar-refractivity contribution in [3.05, 3.63) is 36.0 Å². The van der Waals surface area contributed by atoms with Crippen LogP contribution in [0.15, 0.2) is 36.0 Å². The van der Waals surface area contributed by atoms with Gasteiger partial charge in [0.15, 0.2) is 12.4 Å². The van der Waals surface area contributed by atoms with Crippen LogP contribution in [0.5, 0.6) is 0 Å². The highest BCUT2D eigenvalue weighted by Crippen LogP contribution is 2.67. The number of allylic oxidation sites excluding steroid dienone is 6. The molecule has 14 nitrogen and oxygen atoms in total. The largest absolute Gasteiger partial charge is 0.511 e. The quantitative estimate of drug-likeness (QED) is 0.0882. The molecule has 1 amide bonds. The van der Waals surface area contributed by atoms with Gasteiger partial charge in [-0.1, -0.05) is 44.6 Å². The molecular formula is C36H50N2O12. The van der Waals surface area contributed by atoms with E-state index in [9.17, 15) is 39.0 Å². The molecule has 0 aliphatic heterocycles. The number of primary amides is 1. The van der Waals surface area contributed by atoms with E-state index in [2.05, 4.69) is 0 Å². The van der Waals surface area contributed by atoms with Crippen LogP contribution < -0.4 is 11.5 Å². The van der Waals surface area contributed by atoms with E-state index in [4.69, 9.17) is 30.4 Å². The first-order valence-electron chi connectivity index (χ1n) is 17.2. The van der Waals surface area contributed by atoms with Gasteiger partial charge in [-0.15, -0.1) is 0 Å². The zero-order chi connectivity index (χ0) is 37.0. The first-order valence-corrected chi connectivity index (χ1v) is 17.2. The minimum absolute atomic E-state index is 0.00162. The molecule has 3 saturated carbocycles. The van der Waals surface area contributed by atoms with Gasteiger partial charge >= 0.3 is 18.1 Å². The van der Waals surface area contributed by atoms with Gasteiger partial charge in [0, 0.05) is 16.7 Å². The molecule has 276 valence electrons. The number of fused-ring (bicyclic) bond motifs is 5. The van der Waals surface area contributed by atoms with Gasteiger partial charge in [0.1, 0.15) is 17.7 Å². The molecule has 10 unspecified atom stereocenters. The summed E-state index contributed by atoms with van der Waals surface area (Å²) in [6, 6.07) is -1.52. The molecular weight excluding hydrogens is 652 g/mol. The van der Waals surface area contributed by atoms with Crippen LogP contribution in [0.1, 0.15) is 79.1 Å². The number of hydrogen-bond donors (Lipinski definition) is 4. The van der Waals surface area contributed by atoms with E-state index >= 15 is 0 Å². The number of Topliss-reactive ketones (excluding diaryl/α,β-unsaturated/α-hetero) is 1. The number of hydrogen-bond acceptors (Lipinski definition) is 13. The van der Waals surface area contributed by atoms with Crippen LogP contribution in [0, 0.1) is 34.5 Å². The highest BCUT2D eigenvalue weighted by molar-refractivity contribution is 6.01. The molecule has 0 aromatic rings. The number of ketones is 2. The molecule has 4 aliphatic rings. The summed E-state index contributed by atoms with van der Waals surface area (Å²) in [6.45, 7) is 5.79. The maximum Gasteiger partial charge on any atom is 0.511 e. The molecule has 6 N–H and O–H groups in total. The molecule has 0 spiro atoms. The first-order chi connectivity index (χ1) is 23.5. The fourth-order valence-corrected chi connectivity index (χ4v) is 8.83. The van der Waals surface area contributed by atoms with Gasteiger partial charge in [-0.2, -0.15) is 0 Å². The van der Waals surface area contributed by atoms with Crippen LogP contribution in [0.2, 0.25) is 0 Å².